The molecule has 28 heavy (non-hydrogen) atoms. The first kappa shape index (κ1) is 20.1. The number of ether oxygens (including phenoxy) is 1. The number of cyclic esters (lactones) is 1. The third-order valence-electron chi connectivity index (χ3n) is 5.22. The summed E-state index contributed by atoms with van der Waals surface area (Å²) >= 11 is 0. The van der Waals surface area contributed by atoms with E-state index in [1.165, 1.54) is 5.56 Å². The Morgan fingerprint density at radius 3 is 2.89 bits per heavy atom. The number of nitrogens with one attached hydrogen (secondary N) is 2. The van der Waals surface area contributed by atoms with Crippen molar-refractivity contribution in [1.82, 2.24) is 20.4 Å². The summed E-state index contributed by atoms with van der Waals surface area (Å²) in [5.41, 5.74) is 2.33. The van der Waals surface area contributed by atoms with Gasteiger partial charge in [0.25, 0.3) is 0 Å². The summed E-state index contributed by atoms with van der Waals surface area (Å²) in [6.07, 6.45) is 0.564. The van der Waals surface area contributed by atoms with Crippen molar-refractivity contribution >= 4 is 17.9 Å². The van der Waals surface area contributed by atoms with Crippen LogP contribution in [-0.4, -0.2) is 73.1 Å². The molecule has 2 N–H and O–H groups in total. The topological polar surface area (TPSA) is 91.0 Å². The maximum atomic E-state index is 12.4. The zero-order chi connectivity index (χ0) is 19.9. The molecule has 8 nitrogen and oxygen atoms in total. The first-order valence-corrected chi connectivity index (χ1v) is 9.79. The maximum Gasteiger partial charge on any atom is 0.409 e. The monoisotopic (exact) mass is 388 g/mol. The lowest BCUT2D eigenvalue weighted by atomic mass is 10.0. The summed E-state index contributed by atoms with van der Waals surface area (Å²) in [6.45, 7) is 5.83. The van der Waals surface area contributed by atoms with Crippen LogP contribution in [0.4, 0.5) is 4.79 Å². The van der Waals surface area contributed by atoms with Gasteiger partial charge in [-0.2, -0.15) is 0 Å². The lowest BCUT2D eigenvalue weighted by Gasteiger charge is -2.35. The number of hydrogen-bond donors (Lipinski definition) is 2. The van der Waals surface area contributed by atoms with Crippen LogP contribution in [0.2, 0.25) is 0 Å². The van der Waals surface area contributed by atoms with Crippen molar-refractivity contribution < 1.29 is 19.1 Å². The quantitative estimate of drug-likeness (QED) is 0.716. The van der Waals surface area contributed by atoms with Crippen LogP contribution >= 0.6 is 0 Å². The summed E-state index contributed by atoms with van der Waals surface area (Å²) in [5.74, 6) is -0.309. The van der Waals surface area contributed by atoms with Crippen molar-refractivity contribution in [3.05, 3.63) is 35.4 Å². The van der Waals surface area contributed by atoms with E-state index in [0.717, 1.165) is 12.0 Å². The van der Waals surface area contributed by atoms with Crippen LogP contribution in [0.15, 0.2) is 24.3 Å². The number of hydrogen-bond acceptors (Lipinski definition) is 5. The van der Waals surface area contributed by atoms with Crippen molar-refractivity contribution in [3.63, 3.8) is 0 Å². The predicted molar refractivity (Wildman–Crippen MR) is 104 cm³/mol. The molecule has 2 saturated heterocycles. The Morgan fingerprint density at radius 2 is 2.11 bits per heavy atom. The molecule has 0 spiro atoms. The van der Waals surface area contributed by atoms with Crippen molar-refractivity contribution in [2.75, 3.05) is 39.3 Å². The van der Waals surface area contributed by atoms with E-state index in [-0.39, 0.29) is 24.3 Å². The second kappa shape index (κ2) is 9.54. The van der Waals surface area contributed by atoms with Gasteiger partial charge in [0.2, 0.25) is 11.8 Å². The Hall–Kier alpha value is -2.61. The molecule has 0 aromatic heterocycles. The van der Waals surface area contributed by atoms with Crippen LogP contribution in [-0.2, 0) is 20.9 Å². The minimum atomic E-state index is -0.492. The van der Waals surface area contributed by atoms with Gasteiger partial charge in [0.15, 0.2) is 0 Å². The highest BCUT2D eigenvalue weighted by atomic mass is 16.6. The van der Waals surface area contributed by atoms with Crippen molar-refractivity contribution in [2.24, 2.45) is 0 Å². The van der Waals surface area contributed by atoms with E-state index in [2.05, 4.69) is 21.6 Å². The number of aryl methyl sites for hydroxylation is 1. The maximum absolute atomic E-state index is 12.4. The lowest BCUT2D eigenvalue weighted by Crippen LogP contribution is -2.56. The molecule has 0 saturated carbocycles. The predicted octanol–water partition coefficient (Wildman–Crippen LogP) is 0.644. The van der Waals surface area contributed by atoms with Crippen LogP contribution in [0, 0.1) is 6.92 Å². The average molecular weight is 388 g/mol. The average Bonchev–Trinajstić information content (AvgIpc) is 2.68. The Kier molecular flexibility index (Phi) is 6.86. The molecule has 0 radical (unpaired) electrons. The summed E-state index contributed by atoms with van der Waals surface area (Å²) in [4.78, 5) is 40.0. The molecular formula is C20H28N4O4. The molecular weight excluding hydrogens is 360 g/mol. The van der Waals surface area contributed by atoms with E-state index in [1.807, 2.05) is 25.1 Å². The van der Waals surface area contributed by atoms with Gasteiger partial charge in [0, 0.05) is 39.3 Å². The Labute approximate surface area is 165 Å². The Morgan fingerprint density at radius 1 is 1.29 bits per heavy atom. The van der Waals surface area contributed by atoms with Crippen molar-refractivity contribution in [2.45, 2.75) is 32.4 Å². The SMILES string of the molecule is Cc1ccccc1CN1CCNC(=O)[C@H]1CC(=O)NCCN1CCCOC1=O. The molecule has 0 unspecified atom stereocenters. The number of rotatable bonds is 7. The molecule has 0 aliphatic carbocycles. The van der Waals surface area contributed by atoms with Crippen molar-refractivity contribution in [3.8, 4) is 0 Å². The fourth-order valence-electron chi connectivity index (χ4n) is 3.56. The van der Waals surface area contributed by atoms with Crippen LogP contribution in [0.25, 0.3) is 0 Å². The first-order chi connectivity index (χ1) is 13.5. The highest BCUT2D eigenvalue weighted by molar-refractivity contribution is 5.88. The highest BCUT2D eigenvalue weighted by Crippen LogP contribution is 2.16. The second-order valence-corrected chi connectivity index (χ2v) is 7.21. The van der Waals surface area contributed by atoms with Crippen LogP contribution in [0.1, 0.15) is 24.0 Å². The van der Waals surface area contributed by atoms with Gasteiger partial charge in [0.05, 0.1) is 19.1 Å². The largest absolute Gasteiger partial charge is 0.449 e. The van der Waals surface area contributed by atoms with Gasteiger partial charge in [-0.1, -0.05) is 24.3 Å². The molecule has 1 aromatic carbocycles. The fourth-order valence-corrected chi connectivity index (χ4v) is 3.56. The number of benzene rings is 1. The third kappa shape index (κ3) is 5.22. The second-order valence-electron chi connectivity index (χ2n) is 7.21. The molecule has 2 aliphatic rings. The van der Waals surface area contributed by atoms with Crippen LogP contribution in [0.5, 0.6) is 0 Å². The number of carbonyl (C=O) groups excluding carboxylic acids is 3. The molecule has 1 aromatic rings. The van der Waals surface area contributed by atoms with E-state index in [4.69, 9.17) is 4.74 Å². The Balaban J connectivity index is 1.52. The van der Waals surface area contributed by atoms with Gasteiger partial charge in [-0.05, 0) is 24.5 Å². The first-order valence-electron chi connectivity index (χ1n) is 9.79. The fraction of sp³-hybridized carbons (Fsp3) is 0.550. The van der Waals surface area contributed by atoms with E-state index >= 15 is 0 Å². The van der Waals surface area contributed by atoms with Gasteiger partial charge >= 0.3 is 6.09 Å². The number of carbonyl (C=O) groups is 3. The normalized spacial score (nSPS) is 20.5. The van der Waals surface area contributed by atoms with Gasteiger partial charge < -0.3 is 20.3 Å². The smallest absolute Gasteiger partial charge is 0.409 e. The number of piperazine rings is 1. The molecule has 2 aliphatic heterocycles. The third-order valence-corrected chi connectivity index (χ3v) is 5.22. The van der Waals surface area contributed by atoms with E-state index in [0.29, 0.717) is 45.9 Å². The van der Waals surface area contributed by atoms with Gasteiger partial charge in [-0.3, -0.25) is 14.5 Å². The summed E-state index contributed by atoms with van der Waals surface area (Å²) < 4.78 is 4.98. The number of amides is 3. The van der Waals surface area contributed by atoms with Crippen LogP contribution < -0.4 is 10.6 Å². The summed E-state index contributed by atoms with van der Waals surface area (Å²) in [5, 5.41) is 5.67. The van der Waals surface area contributed by atoms with Gasteiger partial charge in [0.1, 0.15) is 0 Å². The molecule has 2 heterocycles. The van der Waals surface area contributed by atoms with E-state index < -0.39 is 6.04 Å². The molecule has 152 valence electrons. The van der Waals surface area contributed by atoms with E-state index in [9.17, 15) is 14.4 Å². The highest BCUT2D eigenvalue weighted by Gasteiger charge is 2.31. The standard InChI is InChI=1S/C20H28N4O4/c1-15-5-2-3-6-16(15)14-24-11-8-22-19(26)17(24)13-18(25)21-7-10-23-9-4-12-28-20(23)27/h2-3,5-6,17H,4,7-14H2,1H3,(H,21,25)(H,22,26)/t17-/m1/s1. The van der Waals surface area contributed by atoms with Gasteiger partial charge in [-0.15, -0.1) is 0 Å². The molecule has 8 heteroatoms. The molecule has 2 fully saturated rings. The molecule has 3 rings (SSSR count). The van der Waals surface area contributed by atoms with Crippen LogP contribution in [0.3, 0.4) is 0 Å². The Bertz CT molecular complexity index is 724. The zero-order valence-corrected chi connectivity index (χ0v) is 16.3. The lowest BCUT2D eigenvalue weighted by molar-refractivity contribution is -0.134. The molecule has 1 atom stereocenters. The summed E-state index contributed by atoms with van der Waals surface area (Å²) in [6, 6.07) is 7.58. The number of nitrogens with zero attached hydrogens (tertiary/aromatic N) is 2. The van der Waals surface area contributed by atoms with E-state index in [1.54, 1.807) is 4.90 Å². The minimum absolute atomic E-state index is 0.0994. The molecule has 3 amide bonds. The molecule has 0 bridgehead atoms. The minimum Gasteiger partial charge on any atom is -0.449 e. The zero-order valence-electron chi connectivity index (χ0n) is 16.3. The summed E-state index contributed by atoms with van der Waals surface area (Å²) in [7, 11) is 0. The van der Waals surface area contributed by atoms with Crippen molar-refractivity contribution in [1.29, 1.82) is 0 Å². The van der Waals surface area contributed by atoms with Gasteiger partial charge in [-0.25, -0.2) is 4.79 Å².